The van der Waals surface area contributed by atoms with Crippen LogP contribution < -0.4 is 5.32 Å². The minimum Gasteiger partial charge on any atom is -0.335 e. The zero-order valence-corrected chi connectivity index (χ0v) is 20.4. The third-order valence-electron chi connectivity index (χ3n) is 5.13. The monoisotopic (exact) mass is 528 g/mol. The van der Waals surface area contributed by atoms with Gasteiger partial charge in [-0.15, -0.1) is 11.3 Å². The number of aromatic nitrogens is 5. The molecule has 12 heteroatoms. The molecule has 0 spiro atoms. The highest BCUT2D eigenvalue weighted by molar-refractivity contribution is 7.12. The first kappa shape index (κ1) is 25.9. The Morgan fingerprint density at radius 1 is 1.03 bits per heavy atom. The van der Waals surface area contributed by atoms with Gasteiger partial charge in [0.25, 0.3) is 5.91 Å². The van der Waals surface area contributed by atoms with E-state index in [0.29, 0.717) is 23.0 Å². The molecule has 0 saturated carbocycles. The van der Waals surface area contributed by atoms with Gasteiger partial charge in [-0.3, -0.25) is 14.8 Å². The van der Waals surface area contributed by atoms with Crippen molar-refractivity contribution in [3.8, 4) is 22.3 Å². The van der Waals surface area contributed by atoms with E-state index in [4.69, 9.17) is 0 Å². The Labute approximate surface area is 212 Å². The Morgan fingerprint density at radius 2 is 1.84 bits per heavy atom. The van der Waals surface area contributed by atoms with Crippen LogP contribution in [0.5, 0.6) is 0 Å². The Hall–Kier alpha value is -4.19. The van der Waals surface area contributed by atoms with E-state index in [1.54, 1.807) is 40.9 Å². The van der Waals surface area contributed by atoms with Crippen molar-refractivity contribution in [2.24, 2.45) is 0 Å². The first-order chi connectivity index (χ1) is 17.8. The molecule has 1 unspecified atom stereocenters. The standard InChI is InChI=1S/C23H14F4N6OS.C2H6/c24-16-3-4-18(29-9-16)20(23(25,26)27)32-22(34)19-6-14(12-35-19)17-10-31-33-11-15(8-30-21(17)33)13-2-1-5-28-7-13;1-2/h1-12,20H,(H,32,34);1-2H3. The average molecular weight is 529 g/mol. The third kappa shape index (κ3) is 5.64. The summed E-state index contributed by atoms with van der Waals surface area (Å²) < 4.78 is 55.4. The molecular weight excluding hydrogens is 508 g/mol. The lowest BCUT2D eigenvalue weighted by atomic mass is 10.1. The molecule has 0 aromatic carbocycles. The number of hydrogen-bond donors (Lipinski definition) is 1. The SMILES string of the molecule is CC.O=C(NC(c1ccc(F)cn1)C(F)(F)F)c1cc(-c2cnn3cc(-c4cccnc4)cnc23)cs1. The van der Waals surface area contributed by atoms with Gasteiger partial charge in [-0.1, -0.05) is 19.9 Å². The summed E-state index contributed by atoms with van der Waals surface area (Å²) >= 11 is 0.982. The topological polar surface area (TPSA) is 85.1 Å². The number of carbonyl (C=O) groups excluding carboxylic acids is 1. The van der Waals surface area contributed by atoms with Crippen LogP contribution in [0.25, 0.3) is 27.9 Å². The Kier molecular flexibility index (Phi) is 7.58. The highest BCUT2D eigenvalue weighted by atomic mass is 32.1. The van der Waals surface area contributed by atoms with Crippen molar-refractivity contribution in [3.63, 3.8) is 0 Å². The second kappa shape index (κ2) is 10.8. The maximum atomic E-state index is 13.6. The number of fused-ring (bicyclic) bond motifs is 1. The second-order valence-corrected chi connectivity index (χ2v) is 8.37. The van der Waals surface area contributed by atoms with Crippen LogP contribution in [0.15, 0.2) is 72.9 Å². The predicted octanol–water partition coefficient (Wildman–Crippen LogP) is 6.11. The van der Waals surface area contributed by atoms with Crippen LogP contribution >= 0.6 is 11.3 Å². The molecule has 190 valence electrons. The molecule has 0 saturated heterocycles. The molecular formula is C25H20F4N6OS. The number of amides is 1. The molecule has 0 radical (unpaired) electrons. The first-order valence-corrected chi connectivity index (χ1v) is 12.0. The highest BCUT2D eigenvalue weighted by Gasteiger charge is 2.43. The fraction of sp³-hybridized carbons (Fsp3) is 0.160. The third-order valence-corrected chi connectivity index (χ3v) is 6.06. The predicted molar refractivity (Wildman–Crippen MR) is 131 cm³/mol. The van der Waals surface area contributed by atoms with Gasteiger partial charge in [0.1, 0.15) is 5.82 Å². The molecule has 0 fully saturated rings. The molecule has 37 heavy (non-hydrogen) atoms. The van der Waals surface area contributed by atoms with Crippen molar-refractivity contribution < 1.29 is 22.4 Å². The molecule has 0 aliphatic carbocycles. The molecule has 1 amide bonds. The second-order valence-electron chi connectivity index (χ2n) is 7.46. The Bertz CT molecular complexity index is 1500. The molecule has 0 bridgehead atoms. The smallest absolute Gasteiger partial charge is 0.335 e. The maximum absolute atomic E-state index is 13.6. The average Bonchev–Trinajstić information content (AvgIpc) is 3.56. The van der Waals surface area contributed by atoms with Crippen molar-refractivity contribution in [1.29, 1.82) is 0 Å². The number of halogens is 4. The number of nitrogens with one attached hydrogen (secondary N) is 1. The summed E-state index contributed by atoms with van der Waals surface area (Å²) in [7, 11) is 0. The van der Waals surface area contributed by atoms with Gasteiger partial charge < -0.3 is 5.32 Å². The van der Waals surface area contributed by atoms with Gasteiger partial charge in [-0.05, 0) is 35.2 Å². The minimum atomic E-state index is -4.82. The first-order valence-electron chi connectivity index (χ1n) is 11.1. The summed E-state index contributed by atoms with van der Waals surface area (Å²) in [5.74, 6) is -1.71. The van der Waals surface area contributed by atoms with Crippen LogP contribution in [0.2, 0.25) is 0 Å². The Morgan fingerprint density at radius 3 is 2.51 bits per heavy atom. The van der Waals surface area contributed by atoms with Gasteiger partial charge in [-0.25, -0.2) is 13.9 Å². The lowest BCUT2D eigenvalue weighted by molar-refractivity contribution is -0.156. The van der Waals surface area contributed by atoms with Crippen LogP contribution in [0.3, 0.4) is 0 Å². The van der Waals surface area contributed by atoms with E-state index in [9.17, 15) is 22.4 Å². The largest absolute Gasteiger partial charge is 0.414 e. The van der Waals surface area contributed by atoms with Crippen molar-refractivity contribution >= 4 is 22.9 Å². The lowest BCUT2D eigenvalue weighted by Gasteiger charge is -2.20. The van der Waals surface area contributed by atoms with Gasteiger partial charge >= 0.3 is 6.18 Å². The number of carbonyl (C=O) groups is 1. The quantitative estimate of drug-likeness (QED) is 0.278. The summed E-state index contributed by atoms with van der Waals surface area (Å²) in [6.45, 7) is 4.00. The number of rotatable bonds is 5. The van der Waals surface area contributed by atoms with Crippen LogP contribution in [0.1, 0.15) is 35.3 Å². The number of hydrogen-bond acceptors (Lipinski definition) is 6. The fourth-order valence-corrected chi connectivity index (χ4v) is 4.25. The van der Waals surface area contributed by atoms with E-state index >= 15 is 0 Å². The summed E-state index contributed by atoms with van der Waals surface area (Å²) in [5, 5.41) is 7.90. The van der Waals surface area contributed by atoms with E-state index in [2.05, 4.69) is 20.1 Å². The van der Waals surface area contributed by atoms with Crippen molar-refractivity contribution in [3.05, 3.63) is 89.3 Å². The van der Waals surface area contributed by atoms with Gasteiger partial charge in [0.15, 0.2) is 11.7 Å². The molecule has 5 heterocycles. The molecule has 0 aliphatic rings. The van der Waals surface area contributed by atoms with E-state index in [1.165, 1.54) is 6.07 Å². The van der Waals surface area contributed by atoms with E-state index in [0.717, 1.165) is 34.6 Å². The summed E-state index contributed by atoms with van der Waals surface area (Å²) in [6.07, 6.45) is 4.24. The lowest BCUT2D eigenvalue weighted by Crippen LogP contribution is -2.38. The molecule has 7 nitrogen and oxygen atoms in total. The summed E-state index contributed by atoms with van der Waals surface area (Å²) in [4.78, 5) is 24.7. The Balaban J connectivity index is 0.00000156. The summed E-state index contributed by atoms with van der Waals surface area (Å²) in [6, 6.07) is 4.53. The number of thiophene rings is 1. The van der Waals surface area contributed by atoms with Crippen molar-refractivity contribution in [2.45, 2.75) is 26.1 Å². The van der Waals surface area contributed by atoms with Crippen LogP contribution in [0.4, 0.5) is 17.6 Å². The molecule has 5 aromatic heterocycles. The molecule has 5 rings (SSSR count). The molecule has 1 atom stereocenters. The number of alkyl halides is 3. The van der Waals surface area contributed by atoms with Crippen LogP contribution in [-0.2, 0) is 0 Å². The fourth-order valence-electron chi connectivity index (χ4n) is 3.44. The number of pyridine rings is 2. The van der Waals surface area contributed by atoms with Gasteiger partial charge in [0, 0.05) is 41.5 Å². The van der Waals surface area contributed by atoms with Gasteiger partial charge in [0.2, 0.25) is 0 Å². The zero-order valence-electron chi connectivity index (χ0n) is 19.6. The van der Waals surface area contributed by atoms with Crippen molar-refractivity contribution in [1.82, 2.24) is 29.9 Å². The van der Waals surface area contributed by atoms with E-state index in [1.807, 2.05) is 31.3 Å². The highest BCUT2D eigenvalue weighted by Crippen LogP contribution is 2.33. The zero-order chi connectivity index (χ0) is 26.6. The minimum absolute atomic E-state index is 0.0580. The van der Waals surface area contributed by atoms with Crippen LogP contribution in [0, 0.1) is 5.82 Å². The van der Waals surface area contributed by atoms with E-state index < -0.39 is 29.6 Å². The maximum Gasteiger partial charge on any atom is 0.414 e. The molecule has 5 aromatic rings. The van der Waals surface area contributed by atoms with Gasteiger partial charge in [0.05, 0.1) is 23.0 Å². The van der Waals surface area contributed by atoms with Gasteiger partial charge in [-0.2, -0.15) is 18.3 Å². The molecule has 1 N–H and O–H groups in total. The van der Waals surface area contributed by atoms with Crippen LogP contribution in [-0.4, -0.2) is 36.6 Å². The number of nitrogens with zero attached hydrogens (tertiary/aromatic N) is 5. The molecule has 0 aliphatic heterocycles. The normalized spacial score (nSPS) is 12.1. The van der Waals surface area contributed by atoms with Crippen molar-refractivity contribution in [2.75, 3.05) is 0 Å². The summed E-state index contributed by atoms with van der Waals surface area (Å²) in [5.41, 5.74) is 2.87. The van der Waals surface area contributed by atoms with E-state index in [-0.39, 0.29) is 4.88 Å².